The van der Waals surface area contributed by atoms with Crippen LogP contribution in [0.15, 0.2) is 26.3 Å². The second-order valence-corrected chi connectivity index (χ2v) is 11.8. The first kappa shape index (κ1) is 24.0. The Morgan fingerprint density at radius 3 is 1.90 bits per heavy atom. The summed E-state index contributed by atoms with van der Waals surface area (Å²) in [6.45, 7) is 7.39. The van der Waals surface area contributed by atoms with Crippen molar-refractivity contribution in [1.29, 1.82) is 0 Å². The smallest absolute Gasteiger partial charge is 0.163 e. The number of carbonyl (C=O) groups is 3. The third-order valence-electron chi connectivity index (χ3n) is 6.07. The number of carbonyl (C=O) groups excluding carboxylic acids is 3. The van der Waals surface area contributed by atoms with Gasteiger partial charge in [-0.3, -0.25) is 14.4 Å². The molecule has 1 saturated carbocycles. The molecule has 8 heteroatoms. The molecular weight excluding hydrogens is 532 g/mol. The van der Waals surface area contributed by atoms with Gasteiger partial charge in [-0.25, -0.2) is 0 Å². The normalized spacial score (nSPS) is 22.7. The van der Waals surface area contributed by atoms with Crippen LogP contribution >= 0.6 is 31.9 Å². The molecule has 1 aromatic carbocycles. The van der Waals surface area contributed by atoms with E-state index in [4.69, 9.17) is 0 Å². The molecule has 0 radical (unpaired) electrons. The van der Waals surface area contributed by atoms with Crippen molar-refractivity contribution in [3.8, 4) is 11.5 Å². The summed E-state index contributed by atoms with van der Waals surface area (Å²) in [6.07, 6.45) is 0.653. The summed E-state index contributed by atoms with van der Waals surface area (Å²) < 4.78 is 0.193. The van der Waals surface area contributed by atoms with E-state index in [1.165, 1.54) is 6.07 Å². The predicted molar refractivity (Wildman–Crippen MR) is 122 cm³/mol. The van der Waals surface area contributed by atoms with E-state index in [0.29, 0.717) is 0 Å². The highest BCUT2D eigenvalue weighted by molar-refractivity contribution is 9.11. The van der Waals surface area contributed by atoms with Crippen molar-refractivity contribution in [2.24, 2.45) is 16.7 Å². The number of aromatic hydroxyl groups is 2. The first-order chi connectivity index (χ1) is 14.1. The average molecular weight is 558 g/mol. The molecule has 1 atom stereocenters. The van der Waals surface area contributed by atoms with Gasteiger partial charge >= 0.3 is 0 Å². The highest BCUT2D eigenvalue weighted by Crippen LogP contribution is 2.52. The first-order valence-electron chi connectivity index (χ1n) is 10.1. The number of phenols is 2. The average Bonchev–Trinajstić information content (AvgIpc) is 2.58. The number of aliphatic hydroxyl groups is 1. The molecule has 0 amide bonds. The molecule has 0 aliphatic heterocycles. The van der Waals surface area contributed by atoms with Gasteiger partial charge in [-0.1, -0.05) is 27.7 Å². The van der Waals surface area contributed by atoms with Gasteiger partial charge in [0.25, 0.3) is 0 Å². The number of ketones is 3. The molecule has 0 saturated heterocycles. The molecule has 2 aliphatic rings. The number of aliphatic hydroxyl groups excluding tert-OH is 1. The van der Waals surface area contributed by atoms with Gasteiger partial charge in [0.15, 0.2) is 5.78 Å². The zero-order chi connectivity index (χ0) is 23.5. The van der Waals surface area contributed by atoms with E-state index in [2.05, 4.69) is 31.9 Å². The van der Waals surface area contributed by atoms with Crippen molar-refractivity contribution in [3.63, 3.8) is 0 Å². The van der Waals surface area contributed by atoms with Gasteiger partial charge in [-0.2, -0.15) is 0 Å². The minimum Gasteiger partial charge on any atom is -0.512 e. The van der Waals surface area contributed by atoms with Crippen LogP contribution in [0, 0.1) is 16.7 Å². The Kier molecular flexibility index (Phi) is 6.21. The number of rotatable bonds is 3. The summed E-state index contributed by atoms with van der Waals surface area (Å²) >= 11 is 6.35. The fraction of sp³-hybridized carbons (Fsp3) is 0.522. The van der Waals surface area contributed by atoms with Gasteiger partial charge < -0.3 is 15.3 Å². The molecule has 0 unspecified atom stereocenters. The first-order valence-corrected chi connectivity index (χ1v) is 11.6. The number of Topliss-reactive ketones (excluding diaryl/α,β-unsaturated/α-hetero) is 3. The monoisotopic (exact) mass is 556 g/mol. The molecule has 0 aromatic heterocycles. The van der Waals surface area contributed by atoms with E-state index in [-0.39, 0.29) is 80.4 Å². The Morgan fingerprint density at radius 1 is 0.871 bits per heavy atom. The summed E-state index contributed by atoms with van der Waals surface area (Å²) in [7, 11) is 0. The lowest BCUT2D eigenvalue weighted by Crippen LogP contribution is -2.43. The standard InChI is InChI=1S/C23H26Br2O6/c1-22(2)6-12(26)17(13(27)7-22)16(10-5-11(24)21(31)19(25)20(10)30)18-14(28)8-23(3,4)9-15(18)29/h5,16-17,28,30-31H,6-9H2,1-4H3/t16-/m0/s1. The van der Waals surface area contributed by atoms with E-state index in [1.807, 2.05) is 27.7 Å². The molecule has 6 nitrogen and oxygen atoms in total. The van der Waals surface area contributed by atoms with Gasteiger partial charge in [-0.15, -0.1) is 0 Å². The van der Waals surface area contributed by atoms with Crippen molar-refractivity contribution in [1.82, 2.24) is 0 Å². The van der Waals surface area contributed by atoms with Crippen LogP contribution in [0.3, 0.4) is 0 Å². The van der Waals surface area contributed by atoms with Gasteiger partial charge in [-0.05, 0) is 48.8 Å². The van der Waals surface area contributed by atoms with Crippen LogP contribution < -0.4 is 0 Å². The van der Waals surface area contributed by atoms with Crippen molar-refractivity contribution in [2.75, 3.05) is 0 Å². The van der Waals surface area contributed by atoms with Crippen LogP contribution in [0.25, 0.3) is 0 Å². The largest absolute Gasteiger partial charge is 0.512 e. The molecule has 2 aliphatic carbocycles. The predicted octanol–water partition coefficient (Wildman–Crippen LogP) is 5.48. The molecule has 1 aromatic rings. The molecule has 3 N–H and O–H groups in total. The van der Waals surface area contributed by atoms with Crippen LogP contribution in [0.4, 0.5) is 0 Å². The van der Waals surface area contributed by atoms with Gasteiger partial charge in [0.2, 0.25) is 0 Å². The molecule has 3 rings (SSSR count). The van der Waals surface area contributed by atoms with Crippen LogP contribution in [-0.4, -0.2) is 32.7 Å². The Hall–Kier alpha value is -1.67. The maximum Gasteiger partial charge on any atom is 0.163 e. The Balaban J connectivity index is 2.28. The van der Waals surface area contributed by atoms with Crippen LogP contribution in [-0.2, 0) is 14.4 Å². The third kappa shape index (κ3) is 4.46. The fourth-order valence-electron chi connectivity index (χ4n) is 4.79. The fourth-order valence-corrected chi connectivity index (χ4v) is 5.94. The summed E-state index contributed by atoms with van der Waals surface area (Å²) in [5.74, 6) is -4.17. The number of allylic oxidation sites excluding steroid dienone is 2. The van der Waals surface area contributed by atoms with Crippen LogP contribution in [0.1, 0.15) is 64.9 Å². The van der Waals surface area contributed by atoms with E-state index < -0.39 is 22.7 Å². The lowest BCUT2D eigenvalue weighted by molar-refractivity contribution is -0.140. The van der Waals surface area contributed by atoms with Crippen LogP contribution in [0.5, 0.6) is 11.5 Å². The molecule has 0 bridgehead atoms. The minimum absolute atomic E-state index is 0.00878. The summed E-state index contributed by atoms with van der Waals surface area (Å²) in [6, 6.07) is 1.40. The zero-order valence-corrected chi connectivity index (χ0v) is 21.1. The highest BCUT2D eigenvalue weighted by Gasteiger charge is 2.49. The van der Waals surface area contributed by atoms with E-state index in [9.17, 15) is 29.7 Å². The van der Waals surface area contributed by atoms with Gasteiger partial charge in [0.05, 0.1) is 10.4 Å². The minimum atomic E-state index is -1.20. The van der Waals surface area contributed by atoms with Crippen molar-refractivity contribution in [2.45, 2.75) is 59.3 Å². The SMILES string of the molecule is CC1(C)CC(=O)C([C@@H](C2=C(O)CC(C)(C)CC2=O)c2cc(Br)c(O)c(Br)c2O)C(=O)C1. The maximum atomic E-state index is 13.2. The molecule has 1 fully saturated rings. The number of hydrogen-bond acceptors (Lipinski definition) is 6. The van der Waals surface area contributed by atoms with E-state index in [1.54, 1.807) is 0 Å². The Bertz CT molecular complexity index is 1000. The molecule has 31 heavy (non-hydrogen) atoms. The second-order valence-electron chi connectivity index (χ2n) is 10.2. The number of halogens is 2. The van der Waals surface area contributed by atoms with Gasteiger partial charge in [0.1, 0.15) is 33.3 Å². The van der Waals surface area contributed by atoms with Crippen molar-refractivity contribution >= 4 is 49.2 Å². The van der Waals surface area contributed by atoms with E-state index >= 15 is 0 Å². The molecule has 168 valence electrons. The summed E-state index contributed by atoms with van der Waals surface area (Å²) in [4.78, 5) is 39.5. The molecule has 0 heterocycles. The van der Waals surface area contributed by atoms with E-state index in [0.717, 1.165) is 0 Å². The maximum absolute atomic E-state index is 13.2. The Labute approximate surface area is 198 Å². The lowest BCUT2D eigenvalue weighted by atomic mass is 9.62. The van der Waals surface area contributed by atoms with Gasteiger partial charge in [0, 0.05) is 42.7 Å². The van der Waals surface area contributed by atoms with Crippen molar-refractivity contribution in [3.05, 3.63) is 31.9 Å². The Morgan fingerprint density at radius 2 is 1.39 bits per heavy atom. The summed E-state index contributed by atoms with van der Waals surface area (Å²) in [5.41, 5.74) is -0.846. The zero-order valence-electron chi connectivity index (χ0n) is 17.9. The second kappa shape index (κ2) is 8.03. The number of hydrogen-bond donors (Lipinski definition) is 3. The van der Waals surface area contributed by atoms with Crippen LogP contribution in [0.2, 0.25) is 0 Å². The summed E-state index contributed by atoms with van der Waals surface area (Å²) in [5, 5.41) is 31.8. The highest BCUT2D eigenvalue weighted by atomic mass is 79.9. The third-order valence-corrected chi connectivity index (χ3v) is 7.43. The quantitative estimate of drug-likeness (QED) is 0.424. The lowest BCUT2D eigenvalue weighted by Gasteiger charge is -2.39. The topological polar surface area (TPSA) is 112 Å². The molecular formula is C23H26Br2O6. The van der Waals surface area contributed by atoms with Crippen molar-refractivity contribution < 1.29 is 29.7 Å². The number of benzene rings is 1. The number of phenolic OH excluding ortho intramolecular Hbond substituents is 2. The molecule has 0 spiro atoms.